The average Bonchev–Trinajstić information content (AvgIpc) is 3.16. The first-order chi connectivity index (χ1) is 10.7. The molecule has 0 saturated carbocycles. The molecule has 0 bridgehead atoms. The number of benzene rings is 1. The molecular formula is C16H16N2O2S2. The number of fused-ring (bicyclic) bond motifs is 1. The monoisotopic (exact) mass is 332 g/mol. The summed E-state index contributed by atoms with van der Waals surface area (Å²) < 4.78 is 8.45. The van der Waals surface area contributed by atoms with Gasteiger partial charge in [-0.05, 0) is 36.1 Å². The first-order valence-corrected chi connectivity index (χ1v) is 8.72. The Morgan fingerprint density at radius 1 is 1.36 bits per heavy atom. The van der Waals surface area contributed by atoms with Gasteiger partial charge in [-0.1, -0.05) is 24.3 Å². The summed E-state index contributed by atoms with van der Waals surface area (Å²) in [6.07, 6.45) is 0.984. The number of ether oxygens (including phenoxy) is 1. The van der Waals surface area contributed by atoms with Gasteiger partial charge >= 0.3 is 0 Å². The summed E-state index contributed by atoms with van der Waals surface area (Å²) in [6, 6.07) is 9.61. The molecule has 0 aliphatic heterocycles. The van der Waals surface area contributed by atoms with Crippen molar-refractivity contribution in [1.82, 2.24) is 4.57 Å². The Kier molecular flexibility index (Phi) is 4.40. The number of aryl methyl sites for hydroxylation is 1. The highest BCUT2D eigenvalue weighted by atomic mass is 32.1. The molecule has 0 unspecified atom stereocenters. The molecule has 22 heavy (non-hydrogen) atoms. The Morgan fingerprint density at radius 2 is 2.23 bits per heavy atom. The highest BCUT2D eigenvalue weighted by Gasteiger charge is 2.10. The molecule has 0 fully saturated rings. The largest absolute Gasteiger partial charge is 0.497 e. The van der Waals surface area contributed by atoms with Crippen LogP contribution in [0.15, 0.2) is 40.7 Å². The van der Waals surface area contributed by atoms with Gasteiger partial charge in [0.15, 0.2) is 4.80 Å². The molecule has 6 heteroatoms. The minimum atomic E-state index is -0.182. The Bertz CT molecular complexity index is 860. The smallest absolute Gasteiger partial charge is 0.289 e. The summed E-state index contributed by atoms with van der Waals surface area (Å²) >= 11 is 2.93. The summed E-state index contributed by atoms with van der Waals surface area (Å²) in [4.78, 5) is 18.0. The van der Waals surface area contributed by atoms with Crippen molar-refractivity contribution in [3.8, 4) is 5.75 Å². The van der Waals surface area contributed by atoms with Crippen LogP contribution in [0, 0.1) is 0 Å². The maximum Gasteiger partial charge on any atom is 0.289 e. The third kappa shape index (κ3) is 2.84. The van der Waals surface area contributed by atoms with Gasteiger partial charge in [-0.3, -0.25) is 4.79 Å². The lowest BCUT2D eigenvalue weighted by Gasteiger charge is -2.03. The van der Waals surface area contributed by atoms with Crippen LogP contribution in [-0.2, 0) is 6.54 Å². The molecule has 0 N–H and O–H groups in total. The van der Waals surface area contributed by atoms with E-state index >= 15 is 0 Å². The molecular weight excluding hydrogens is 316 g/mol. The molecule has 3 aromatic rings. The van der Waals surface area contributed by atoms with E-state index in [1.807, 2.05) is 29.6 Å². The number of hydrogen-bond acceptors (Lipinski definition) is 4. The van der Waals surface area contributed by atoms with Crippen LogP contribution < -0.4 is 9.54 Å². The van der Waals surface area contributed by atoms with Crippen molar-refractivity contribution in [1.29, 1.82) is 0 Å². The van der Waals surface area contributed by atoms with E-state index in [2.05, 4.69) is 16.5 Å². The molecule has 0 radical (unpaired) electrons. The molecule has 2 heterocycles. The fourth-order valence-electron chi connectivity index (χ4n) is 2.25. The van der Waals surface area contributed by atoms with Crippen LogP contribution in [0.1, 0.15) is 23.0 Å². The van der Waals surface area contributed by atoms with Gasteiger partial charge in [0.25, 0.3) is 5.91 Å². The van der Waals surface area contributed by atoms with Crippen molar-refractivity contribution < 1.29 is 9.53 Å². The third-order valence-corrected chi connectivity index (χ3v) is 5.17. The van der Waals surface area contributed by atoms with Gasteiger partial charge in [0.2, 0.25) is 0 Å². The summed E-state index contributed by atoms with van der Waals surface area (Å²) in [5.41, 5.74) is 1.09. The predicted octanol–water partition coefficient (Wildman–Crippen LogP) is 3.92. The van der Waals surface area contributed by atoms with E-state index in [-0.39, 0.29) is 5.91 Å². The SMILES string of the molecule is CCCn1c(=NC(=O)c2cccs2)sc2cc(OC)ccc21. The molecule has 0 saturated heterocycles. The lowest BCUT2D eigenvalue weighted by molar-refractivity contribution is 0.100. The number of amides is 1. The fraction of sp³-hybridized carbons (Fsp3) is 0.250. The number of methoxy groups -OCH3 is 1. The maximum atomic E-state index is 12.2. The molecule has 4 nitrogen and oxygen atoms in total. The highest BCUT2D eigenvalue weighted by Crippen LogP contribution is 2.23. The van der Waals surface area contributed by atoms with E-state index in [0.717, 1.165) is 33.7 Å². The topological polar surface area (TPSA) is 43.6 Å². The van der Waals surface area contributed by atoms with Crippen molar-refractivity contribution in [2.75, 3.05) is 7.11 Å². The second-order valence-electron chi connectivity index (χ2n) is 4.76. The molecule has 2 aromatic heterocycles. The predicted molar refractivity (Wildman–Crippen MR) is 90.9 cm³/mol. The summed E-state index contributed by atoms with van der Waals surface area (Å²) in [5.74, 6) is 0.631. The van der Waals surface area contributed by atoms with Crippen LogP contribution in [0.3, 0.4) is 0 Å². The molecule has 1 amide bonds. The number of nitrogens with zero attached hydrogens (tertiary/aromatic N) is 2. The highest BCUT2D eigenvalue weighted by molar-refractivity contribution is 7.16. The quantitative estimate of drug-likeness (QED) is 0.727. The van der Waals surface area contributed by atoms with E-state index in [4.69, 9.17) is 4.74 Å². The van der Waals surface area contributed by atoms with Gasteiger partial charge in [-0.2, -0.15) is 4.99 Å². The zero-order valence-corrected chi connectivity index (χ0v) is 14.0. The Labute approximate surface area is 136 Å². The van der Waals surface area contributed by atoms with Gasteiger partial charge in [0.1, 0.15) is 5.75 Å². The van der Waals surface area contributed by atoms with Crippen molar-refractivity contribution in [2.45, 2.75) is 19.9 Å². The van der Waals surface area contributed by atoms with E-state index in [0.29, 0.717) is 4.88 Å². The van der Waals surface area contributed by atoms with Crippen LogP contribution in [-0.4, -0.2) is 17.6 Å². The zero-order chi connectivity index (χ0) is 15.5. The Morgan fingerprint density at radius 3 is 2.91 bits per heavy atom. The molecule has 0 aliphatic carbocycles. The minimum absolute atomic E-state index is 0.182. The molecule has 0 aliphatic rings. The van der Waals surface area contributed by atoms with Crippen LogP contribution >= 0.6 is 22.7 Å². The first kappa shape index (κ1) is 15.0. The van der Waals surface area contributed by atoms with Gasteiger partial charge in [0, 0.05) is 6.54 Å². The van der Waals surface area contributed by atoms with E-state index in [1.165, 1.54) is 22.7 Å². The second kappa shape index (κ2) is 6.46. The third-order valence-electron chi connectivity index (χ3n) is 3.27. The summed E-state index contributed by atoms with van der Waals surface area (Å²) in [7, 11) is 1.65. The van der Waals surface area contributed by atoms with Crippen LogP contribution in [0.5, 0.6) is 5.75 Å². The fourth-order valence-corrected chi connectivity index (χ4v) is 3.94. The van der Waals surface area contributed by atoms with Crippen LogP contribution in [0.2, 0.25) is 0 Å². The van der Waals surface area contributed by atoms with Crippen LogP contribution in [0.25, 0.3) is 10.2 Å². The number of carbonyl (C=O) groups is 1. The number of aromatic nitrogens is 1. The molecule has 0 spiro atoms. The van der Waals surface area contributed by atoms with Crippen molar-refractivity contribution >= 4 is 38.8 Å². The van der Waals surface area contributed by atoms with Gasteiger partial charge in [-0.25, -0.2) is 0 Å². The standard InChI is InChI=1S/C16H16N2O2S2/c1-3-8-18-12-7-6-11(20-2)10-14(12)22-16(18)17-15(19)13-5-4-9-21-13/h4-7,9-10H,3,8H2,1-2H3. The molecule has 1 aromatic carbocycles. The number of thiazole rings is 1. The number of hydrogen-bond donors (Lipinski definition) is 0. The average molecular weight is 332 g/mol. The number of thiophene rings is 1. The van der Waals surface area contributed by atoms with Crippen LogP contribution in [0.4, 0.5) is 0 Å². The lowest BCUT2D eigenvalue weighted by atomic mass is 10.3. The lowest BCUT2D eigenvalue weighted by Crippen LogP contribution is -2.16. The van der Waals surface area contributed by atoms with Crippen molar-refractivity contribution in [2.24, 2.45) is 4.99 Å². The summed E-state index contributed by atoms with van der Waals surface area (Å²) in [6.45, 7) is 2.95. The zero-order valence-electron chi connectivity index (χ0n) is 12.4. The van der Waals surface area contributed by atoms with Gasteiger partial charge in [0.05, 0.1) is 22.2 Å². The number of rotatable bonds is 4. The second-order valence-corrected chi connectivity index (χ2v) is 6.72. The molecule has 0 atom stereocenters. The normalized spacial score (nSPS) is 12.0. The molecule has 3 rings (SSSR count). The van der Waals surface area contributed by atoms with Gasteiger partial charge < -0.3 is 9.30 Å². The Hall–Kier alpha value is -1.92. The Balaban J connectivity index is 2.15. The van der Waals surface area contributed by atoms with Crippen molar-refractivity contribution in [3.63, 3.8) is 0 Å². The van der Waals surface area contributed by atoms with E-state index in [9.17, 15) is 4.79 Å². The van der Waals surface area contributed by atoms with Gasteiger partial charge in [-0.15, -0.1) is 11.3 Å². The minimum Gasteiger partial charge on any atom is -0.497 e. The summed E-state index contributed by atoms with van der Waals surface area (Å²) in [5, 5.41) is 1.89. The first-order valence-electron chi connectivity index (χ1n) is 7.03. The number of carbonyl (C=O) groups excluding carboxylic acids is 1. The van der Waals surface area contributed by atoms with E-state index < -0.39 is 0 Å². The van der Waals surface area contributed by atoms with Crippen molar-refractivity contribution in [3.05, 3.63) is 45.4 Å². The molecule has 114 valence electrons. The van der Waals surface area contributed by atoms with E-state index in [1.54, 1.807) is 13.2 Å². The maximum absolute atomic E-state index is 12.2.